The molecule has 0 saturated heterocycles. The van der Waals surface area contributed by atoms with Crippen molar-refractivity contribution in [3.05, 3.63) is 54.6 Å². The second-order valence-corrected chi connectivity index (χ2v) is 8.46. The van der Waals surface area contributed by atoms with Crippen LogP contribution in [0.3, 0.4) is 0 Å². The molecule has 0 bridgehead atoms. The Labute approximate surface area is 109 Å². The molecule has 0 amide bonds. The van der Waals surface area contributed by atoms with E-state index in [0.717, 1.165) is 11.5 Å². The maximum absolute atomic E-state index is 6.16. The SMILES string of the molecule is COc1ccc([Si](C)(C)Oc2ccccc2)cc1. The van der Waals surface area contributed by atoms with Gasteiger partial charge in [0, 0.05) is 0 Å². The summed E-state index contributed by atoms with van der Waals surface area (Å²) in [5.74, 6) is 1.81. The van der Waals surface area contributed by atoms with Gasteiger partial charge in [0.05, 0.1) is 7.11 Å². The van der Waals surface area contributed by atoms with Crippen molar-refractivity contribution in [2.45, 2.75) is 13.1 Å². The summed E-state index contributed by atoms with van der Waals surface area (Å²) in [7, 11) is -0.233. The predicted octanol–water partition coefficient (Wildman–Crippen LogP) is 3.19. The minimum absolute atomic E-state index is 0.878. The first-order valence-corrected chi connectivity index (χ1v) is 8.91. The van der Waals surface area contributed by atoms with Gasteiger partial charge in [-0.05, 0) is 42.5 Å². The fourth-order valence-electron chi connectivity index (χ4n) is 1.83. The Morgan fingerprint density at radius 3 is 1.94 bits per heavy atom. The number of para-hydroxylation sites is 1. The van der Waals surface area contributed by atoms with E-state index in [-0.39, 0.29) is 0 Å². The fraction of sp³-hybridized carbons (Fsp3) is 0.200. The van der Waals surface area contributed by atoms with Crippen LogP contribution in [0.1, 0.15) is 0 Å². The van der Waals surface area contributed by atoms with Crippen LogP contribution in [0, 0.1) is 0 Å². The third-order valence-electron chi connectivity index (χ3n) is 2.90. The largest absolute Gasteiger partial charge is 0.540 e. The van der Waals surface area contributed by atoms with Crippen molar-refractivity contribution in [1.29, 1.82) is 0 Å². The fourth-order valence-corrected chi connectivity index (χ4v) is 3.65. The van der Waals surface area contributed by atoms with Crippen LogP contribution in [-0.4, -0.2) is 15.4 Å². The van der Waals surface area contributed by atoms with Gasteiger partial charge in [-0.25, -0.2) is 0 Å². The Hall–Kier alpha value is -1.74. The van der Waals surface area contributed by atoms with Gasteiger partial charge in [-0.15, -0.1) is 0 Å². The van der Waals surface area contributed by atoms with Crippen LogP contribution in [0.4, 0.5) is 0 Å². The number of hydrogen-bond donors (Lipinski definition) is 0. The van der Waals surface area contributed by atoms with Crippen molar-refractivity contribution in [2.75, 3.05) is 7.11 Å². The van der Waals surface area contributed by atoms with E-state index in [0.29, 0.717) is 0 Å². The lowest BCUT2D eigenvalue weighted by molar-refractivity contribution is 0.415. The van der Waals surface area contributed by atoms with Crippen LogP contribution in [0.25, 0.3) is 0 Å². The second-order valence-electron chi connectivity index (χ2n) is 4.65. The zero-order valence-corrected chi connectivity index (χ0v) is 12.0. The Morgan fingerprint density at radius 1 is 0.778 bits per heavy atom. The van der Waals surface area contributed by atoms with Crippen LogP contribution >= 0.6 is 0 Å². The zero-order valence-electron chi connectivity index (χ0n) is 11.0. The van der Waals surface area contributed by atoms with E-state index in [1.165, 1.54) is 5.19 Å². The molecule has 2 aromatic carbocycles. The van der Waals surface area contributed by atoms with Crippen LogP contribution < -0.4 is 14.3 Å². The van der Waals surface area contributed by atoms with E-state index in [4.69, 9.17) is 9.16 Å². The highest BCUT2D eigenvalue weighted by atomic mass is 28.4. The van der Waals surface area contributed by atoms with Gasteiger partial charge < -0.3 is 9.16 Å². The van der Waals surface area contributed by atoms with Gasteiger partial charge in [-0.2, -0.15) is 0 Å². The topological polar surface area (TPSA) is 18.5 Å². The summed E-state index contributed by atoms with van der Waals surface area (Å²) in [4.78, 5) is 0. The van der Waals surface area contributed by atoms with Crippen molar-refractivity contribution >= 4 is 13.5 Å². The number of benzene rings is 2. The van der Waals surface area contributed by atoms with Crippen molar-refractivity contribution in [2.24, 2.45) is 0 Å². The summed E-state index contributed by atoms with van der Waals surface area (Å²) >= 11 is 0. The monoisotopic (exact) mass is 258 g/mol. The van der Waals surface area contributed by atoms with Crippen molar-refractivity contribution < 1.29 is 9.16 Å². The molecule has 0 aromatic heterocycles. The van der Waals surface area contributed by atoms with Gasteiger partial charge in [0.2, 0.25) is 0 Å². The molecule has 0 aliphatic rings. The standard InChI is InChI=1S/C15H18O2Si/c1-16-13-9-11-15(12-10-13)18(2,3)17-14-7-5-4-6-8-14/h4-12H,1-3H3. The van der Waals surface area contributed by atoms with E-state index in [1.807, 2.05) is 42.5 Å². The molecule has 2 rings (SSSR count). The molecule has 2 aromatic rings. The summed E-state index contributed by atoms with van der Waals surface area (Å²) in [5.41, 5.74) is 0. The molecule has 94 valence electrons. The summed E-state index contributed by atoms with van der Waals surface area (Å²) in [6.07, 6.45) is 0. The zero-order chi connectivity index (χ0) is 13.0. The Balaban J connectivity index is 2.19. The maximum Gasteiger partial charge on any atom is 0.276 e. The molecule has 0 spiro atoms. The molecule has 0 radical (unpaired) electrons. The number of ether oxygens (including phenoxy) is 1. The molecular formula is C15H18O2Si. The molecular weight excluding hydrogens is 240 g/mol. The molecule has 0 saturated carbocycles. The molecule has 0 fully saturated rings. The second kappa shape index (κ2) is 5.27. The molecule has 0 heterocycles. The maximum atomic E-state index is 6.16. The summed E-state index contributed by atoms with van der Waals surface area (Å²) in [6, 6.07) is 18.1. The van der Waals surface area contributed by atoms with E-state index in [2.05, 4.69) is 25.2 Å². The lowest BCUT2D eigenvalue weighted by Crippen LogP contribution is -2.47. The minimum atomic E-state index is -1.91. The van der Waals surface area contributed by atoms with E-state index in [9.17, 15) is 0 Å². The smallest absolute Gasteiger partial charge is 0.276 e. The first-order valence-electron chi connectivity index (χ1n) is 6.00. The predicted molar refractivity (Wildman–Crippen MR) is 77.2 cm³/mol. The molecule has 18 heavy (non-hydrogen) atoms. The van der Waals surface area contributed by atoms with Crippen molar-refractivity contribution in [3.63, 3.8) is 0 Å². The molecule has 0 aliphatic carbocycles. The van der Waals surface area contributed by atoms with Crippen LogP contribution in [0.5, 0.6) is 11.5 Å². The van der Waals surface area contributed by atoms with E-state index < -0.39 is 8.32 Å². The van der Waals surface area contributed by atoms with Gasteiger partial charge in [0.1, 0.15) is 11.5 Å². The number of rotatable bonds is 4. The molecule has 0 N–H and O–H groups in total. The summed E-state index contributed by atoms with van der Waals surface area (Å²) < 4.78 is 11.3. The Bertz CT molecular complexity index is 492. The average Bonchev–Trinajstić information content (AvgIpc) is 2.39. The van der Waals surface area contributed by atoms with Crippen LogP contribution in [0.2, 0.25) is 13.1 Å². The third kappa shape index (κ3) is 2.93. The molecule has 0 unspecified atom stereocenters. The quantitative estimate of drug-likeness (QED) is 0.784. The van der Waals surface area contributed by atoms with Gasteiger partial charge in [0.15, 0.2) is 0 Å². The van der Waals surface area contributed by atoms with E-state index in [1.54, 1.807) is 7.11 Å². The lowest BCUT2D eigenvalue weighted by Gasteiger charge is -2.24. The first-order chi connectivity index (χ1) is 8.62. The summed E-state index contributed by atoms with van der Waals surface area (Å²) in [6.45, 7) is 4.39. The molecule has 0 atom stereocenters. The number of methoxy groups -OCH3 is 1. The van der Waals surface area contributed by atoms with Gasteiger partial charge >= 0.3 is 0 Å². The first kappa shape index (κ1) is 12.7. The van der Waals surface area contributed by atoms with Gasteiger partial charge in [0.25, 0.3) is 8.32 Å². The van der Waals surface area contributed by atoms with Crippen molar-refractivity contribution in [3.8, 4) is 11.5 Å². The Kier molecular flexibility index (Phi) is 3.72. The third-order valence-corrected chi connectivity index (χ3v) is 5.37. The molecule has 3 heteroatoms. The molecule has 0 aliphatic heterocycles. The highest BCUT2D eigenvalue weighted by molar-refractivity contribution is 6.84. The minimum Gasteiger partial charge on any atom is -0.540 e. The van der Waals surface area contributed by atoms with Gasteiger partial charge in [-0.1, -0.05) is 30.3 Å². The molecule has 2 nitrogen and oxygen atoms in total. The van der Waals surface area contributed by atoms with E-state index >= 15 is 0 Å². The van der Waals surface area contributed by atoms with Gasteiger partial charge in [-0.3, -0.25) is 0 Å². The highest BCUT2D eigenvalue weighted by Gasteiger charge is 2.27. The summed E-state index contributed by atoms with van der Waals surface area (Å²) in [5, 5.41) is 1.26. The lowest BCUT2D eigenvalue weighted by atomic mass is 10.3. The Morgan fingerprint density at radius 2 is 1.39 bits per heavy atom. The highest BCUT2D eigenvalue weighted by Crippen LogP contribution is 2.16. The van der Waals surface area contributed by atoms with Crippen LogP contribution in [-0.2, 0) is 0 Å². The average molecular weight is 258 g/mol. The van der Waals surface area contributed by atoms with Crippen LogP contribution in [0.15, 0.2) is 54.6 Å². The normalized spacial score (nSPS) is 11.1. The number of hydrogen-bond acceptors (Lipinski definition) is 2. The van der Waals surface area contributed by atoms with Crippen molar-refractivity contribution in [1.82, 2.24) is 0 Å².